The third-order valence-corrected chi connectivity index (χ3v) is 2.79. The van der Waals surface area contributed by atoms with E-state index < -0.39 is 5.60 Å². The number of hydrogen-bond donors (Lipinski definition) is 0. The van der Waals surface area contributed by atoms with E-state index in [0.717, 1.165) is 5.03 Å². The molecule has 0 radical (unpaired) electrons. The van der Waals surface area contributed by atoms with Crippen LogP contribution in [0.4, 0.5) is 0 Å². The quantitative estimate of drug-likeness (QED) is 0.618. The standard InChI is InChI=1S/C13H16N2O2S/c1-13(2,3)17-12(16)6-7-18-11-5-4-10(8-14)9-15-11/h4-5,9H,6-7H2,1-3H3. The van der Waals surface area contributed by atoms with Crippen LogP contribution in [0.15, 0.2) is 23.4 Å². The topological polar surface area (TPSA) is 63.0 Å². The summed E-state index contributed by atoms with van der Waals surface area (Å²) in [4.78, 5) is 15.6. The average molecular weight is 264 g/mol. The maximum Gasteiger partial charge on any atom is 0.307 e. The van der Waals surface area contributed by atoms with E-state index in [-0.39, 0.29) is 5.97 Å². The Morgan fingerprint density at radius 2 is 2.22 bits per heavy atom. The van der Waals surface area contributed by atoms with Gasteiger partial charge in [0.25, 0.3) is 0 Å². The summed E-state index contributed by atoms with van der Waals surface area (Å²) >= 11 is 1.47. The first-order valence-corrected chi connectivity index (χ1v) is 6.60. The van der Waals surface area contributed by atoms with Crippen molar-refractivity contribution in [2.75, 3.05) is 5.75 Å². The lowest BCUT2D eigenvalue weighted by atomic mass is 10.2. The second-order valence-electron chi connectivity index (χ2n) is 4.68. The lowest BCUT2D eigenvalue weighted by Gasteiger charge is -2.19. The van der Waals surface area contributed by atoms with Gasteiger partial charge in [0.1, 0.15) is 11.7 Å². The summed E-state index contributed by atoms with van der Waals surface area (Å²) in [7, 11) is 0. The molecule has 0 bridgehead atoms. The van der Waals surface area contributed by atoms with Gasteiger partial charge in [-0.3, -0.25) is 4.79 Å². The molecular formula is C13H16N2O2S. The fourth-order valence-corrected chi connectivity index (χ4v) is 1.93. The molecule has 18 heavy (non-hydrogen) atoms. The zero-order valence-corrected chi connectivity index (χ0v) is 11.6. The molecule has 0 spiro atoms. The predicted molar refractivity (Wildman–Crippen MR) is 70.1 cm³/mol. The Hall–Kier alpha value is -1.54. The molecule has 1 heterocycles. The first kappa shape index (κ1) is 14.5. The number of rotatable bonds is 4. The van der Waals surface area contributed by atoms with Crippen molar-refractivity contribution in [3.05, 3.63) is 23.9 Å². The van der Waals surface area contributed by atoms with Gasteiger partial charge in [-0.1, -0.05) is 0 Å². The molecule has 1 aromatic heterocycles. The van der Waals surface area contributed by atoms with Gasteiger partial charge in [0, 0.05) is 11.9 Å². The van der Waals surface area contributed by atoms with E-state index in [1.54, 1.807) is 12.1 Å². The SMILES string of the molecule is CC(C)(C)OC(=O)CCSc1ccc(C#N)cn1. The molecule has 0 amide bonds. The van der Waals surface area contributed by atoms with E-state index in [0.29, 0.717) is 17.7 Å². The number of thioether (sulfide) groups is 1. The molecule has 0 saturated heterocycles. The molecule has 0 atom stereocenters. The molecule has 4 nitrogen and oxygen atoms in total. The van der Waals surface area contributed by atoms with Crippen molar-refractivity contribution in [2.24, 2.45) is 0 Å². The summed E-state index contributed by atoms with van der Waals surface area (Å²) in [6.07, 6.45) is 1.87. The molecule has 0 aliphatic rings. The van der Waals surface area contributed by atoms with Crippen molar-refractivity contribution in [1.29, 1.82) is 5.26 Å². The van der Waals surface area contributed by atoms with Gasteiger partial charge in [0.2, 0.25) is 0 Å². The molecule has 1 aromatic rings. The summed E-state index contributed by atoms with van der Waals surface area (Å²) in [5.41, 5.74) is 0.0977. The summed E-state index contributed by atoms with van der Waals surface area (Å²) in [6.45, 7) is 5.54. The van der Waals surface area contributed by atoms with Crippen LogP contribution in [0.2, 0.25) is 0 Å². The number of pyridine rings is 1. The number of nitrogens with zero attached hydrogens (tertiary/aromatic N) is 2. The Morgan fingerprint density at radius 3 is 2.72 bits per heavy atom. The third-order valence-electron chi connectivity index (χ3n) is 1.84. The van der Waals surface area contributed by atoms with Crippen LogP contribution < -0.4 is 0 Å². The van der Waals surface area contributed by atoms with Gasteiger partial charge in [0.15, 0.2) is 0 Å². The van der Waals surface area contributed by atoms with Gasteiger partial charge in [-0.2, -0.15) is 5.26 Å². The van der Waals surface area contributed by atoms with Crippen molar-refractivity contribution < 1.29 is 9.53 Å². The van der Waals surface area contributed by atoms with Gasteiger partial charge in [-0.25, -0.2) is 4.98 Å². The summed E-state index contributed by atoms with van der Waals surface area (Å²) in [5, 5.41) is 9.43. The normalized spacial score (nSPS) is 10.8. The van der Waals surface area contributed by atoms with Gasteiger partial charge >= 0.3 is 5.97 Å². The van der Waals surface area contributed by atoms with Crippen LogP contribution in [0.3, 0.4) is 0 Å². The van der Waals surface area contributed by atoms with Crippen molar-refractivity contribution in [2.45, 2.75) is 37.8 Å². The monoisotopic (exact) mass is 264 g/mol. The minimum absolute atomic E-state index is 0.205. The van der Waals surface area contributed by atoms with Crippen LogP contribution in [0.25, 0.3) is 0 Å². The first-order valence-electron chi connectivity index (χ1n) is 5.61. The fraction of sp³-hybridized carbons (Fsp3) is 0.462. The summed E-state index contributed by atoms with van der Waals surface area (Å²) in [6, 6.07) is 5.50. The highest BCUT2D eigenvalue weighted by Gasteiger charge is 2.15. The Morgan fingerprint density at radius 1 is 1.50 bits per heavy atom. The van der Waals surface area contributed by atoms with Crippen molar-refractivity contribution >= 4 is 17.7 Å². The minimum Gasteiger partial charge on any atom is -0.460 e. The Bertz CT molecular complexity index is 444. The van der Waals surface area contributed by atoms with E-state index in [1.807, 2.05) is 26.8 Å². The highest BCUT2D eigenvalue weighted by Crippen LogP contribution is 2.17. The minimum atomic E-state index is -0.436. The number of ether oxygens (including phenoxy) is 1. The van der Waals surface area contributed by atoms with Crippen molar-refractivity contribution in [1.82, 2.24) is 4.98 Å². The number of nitriles is 1. The molecule has 0 aliphatic heterocycles. The molecule has 0 aromatic carbocycles. The zero-order chi connectivity index (χ0) is 13.6. The number of esters is 1. The molecule has 0 N–H and O–H groups in total. The maximum absolute atomic E-state index is 11.5. The fourth-order valence-electron chi connectivity index (χ4n) is 1.16. The van der Waals surface area contributed by atoms with Crippen LogP contribution >= 0.6 is 11.8 Å². The molecule has 5 heteroatoms. The Kier molecular flexibility index (Phi) is 5.17. The average Bonchev–Trinajstić information content (AvgIpc) is 2.27. The lowest BCUT2D eigenvalue weighted by Crippen LogP contribution is -2.24. The smallest absolute Gasteiger partial charge is 0.307 e. The van der Waals surface area contributed by atoms with E-state index in [9.17, 15) is 4.79 Å². The van der Waals surface area contributed by atoms with Crippen LogP contribution in [0.1, 0.15) is 32.8 Å². The highest BCUT2D eigenvalue weighted by molar-refractivity contribution is 7.99. The van der Waals surface area contributed by atoms with Crippen LogP contribution in [-0.4, -0.2) is 22.3 Å². The van der Waals surface area contributed by atoms with Crippen molar-refractivity contribution in [3.63, 3.8) is 0 Å². The van der Waals surface area contributed by atoms with E-state index in [4.69, 9.17) is 10.00 Å². The summed E-state index contributed by atoms with van der Waals surface area (Å²) < 4.78 is 5.20. The van der Waals surface area contributed by atoms with E-state index in [2.05, 4.69) is 4.98 Å². The van der Waals surface area contributed by atoms with Crippen LogP contribution in [-0.2, 0) is 9.53 Å². The van der Waals surface area contributed by atoms with Crippen molar-refractivity contribution in [3.8, 4) is 6.07 Å². The van der Waals surface area contributed by atoms with Gasteiger partial charge in [-0.05, 0) is 32.9 Å². The zero-order valence-electron chi connectivity index (χ0n) is 10.8. The van der Waals surface area contributed by atoms with Crippen LogP contribution in [0.5, 0.6) is 0 Å². The molecule has 1 rings (SSSR count). The van der Waals surface area contributed by atoms with Gasteiger partial charge < -0.3 is 4.74 Å². The highest BCUT2D eigenvalue weighted by atomic mass is 32.2. The molecular weight excluding hydrogens is 248 g/mol. The van der Waals surface area contributed by atoms with Gasteiger partial charge in [-0.15, -0.1) is 11.8 Å². The Balaban J connectivity index is 2.33. The van der Waals surface area contributed by atoms with E-state index >= 15 is 0 Å². The van der Waals surface area contributed by atoms with E-state index in [1.165, 1.54) is 18.0 Å². The number of carbonyl (C=O) groups excluding carboxylic acids is 1. The molecule has 0 fully saturated rings. The maximum atomic E-state index is 11.5. The molecule has 96 valence electrons. The first-order chi connectivity index (χ1) is 8.40. The molecule has 0 unspecified atom stereocenters. The lowest BCUT2D eigenvalue weighted by molar-refractivity contribution is -0.154. The third kappa shape index (κ3) is 5.69. The Labute approximate surface area is 111 Å². The second kappa shape index (κ2) is 6.41. The number of aromatic nitrogens is 1. The second-order valence-corrected chi connectivity index (χ2v) is 5.80. The van der Waals surface area contributed by atoms with Gasteiger partial charge in [0.05, 0.1) is 17.0 Å². The summed E-state index contributed by atoms with van der Waals surface area (Å²) in [5.74, 6) is 0.414. The molecule has 0 saturated carbocycles. The predicted octanol–water partition coefficient (Wildman–Crippen LogP) is 2.78. The largest absolute Gasteiger partial charge is 0.460 e. The molecule has 0 aliphatic carbocycles. The van der Waals surface area contributed by atoms with Crippen LogP contribution in [0, 0.1) is 11.3 Å². The number of carbonyl (C=O) groups is 1. The number of hydrogen-bond acceptors (Lipinski definition) is 5.